The van der Waals surface area contributed by atoms with Gasteiger partial charge in [-0.15, -0.1) is 0 Å². The first kappa shape index (κ1) is 17.6. The number of aryl methyl sites for hydroxylation is 1. The lowest BCUT2D eigenvalue weighted by molar-refractivity contribution is 0.0696. The number of carbonyl (C=O) groups excluding carboxylic acids is 1. The number of imidazole rings is 1. The lowest BCUT2D eigenvalue weighted by Gasteiger charge is -2.12. The van der Waals surface area contributed by atoms with Gasteiger partial charge in [-0.3, -0.25) is 4.79 Å². The average molecular weight is 352 g/mol. The first-order valence-electron chi connectivity index (χ1n) is 8.13. The van der Waals surface area contributed by atoms with Crippen molar-refractivity contribution in [2.24, 2.45) is 0 Å². The van der Waals surface area contributed by atoms with E-state index in [-0.39, 0.29) is 11.5 Å². The number of fused-ring (bicyclic) bond motifs is 1. The lowest BCUT2D eigenvalue weighted by atomic mass is 10.1. The molecule has 0 saturated heterocycles. The molecule has 0 bridgehead atoms. The molecule has 0 saturated carbocycles. The zero-order valence-corrected chi connectivity index (χ0v) is 14.9. The van der Waals surface area contributed by atoms with Crippen molar-refractivity contribution < 1.29 is 14.7 Å². The smallest absolute Gasteiger partial charge is 0.335 e. The van der Waals surface area contributed by atoms with Gasteiger partial charge in [-0.1, -0.05) is 12.1 Å². The van der Waals surface area contributed by atoms with Crippen LogP contribution in [-0.4, -0.2) is 45.4 Å². The van der Waals surface area contributed by atoms with Crippen molar-refractivity contribution in [1.82, 2.24) is 14.3 Å². The van der Waals surface area contributed by atoms with Gasteiger partial charge >= 0.3 is 5.97 Å². The maximum atomic E-state index is 12.9. The molecule has 134 valence electrons. The Morgan fingerprint density at radius 3 is 2.69 bits per heavy atom. The number of nitrogens with one attached hydrogen (secondary N) is 1. The van der Waals surface area contributed by atoms with Crippen LogP contribution in [0.25, 0.3) is 5.65 Å². The van der Waals surface area contributed by atoms with E-state index in [0.717, 1.165) is 11.3 Å². The maximum absolute atomic E-state index is 12.9. The molecular formula is C19H20N4O3. The van der Waals surface area contributed by atoms with E-state index in [2.05, 4.69) is 10.3 Å². The van der Waals surface area contributed by atoms with Gasteiger partial charge in [0, 0.05) is 18.4 Å². The number of carboxylic acid groups (broad SMARTS) is 1. The van der Waals surface area contributed by atoms with Gasteiger partial charge in [-0.25, -0.2) is 9.78 Å². The predicted octanol–water partition coefficient (Wildman–Crippen LogP) is 2.65. The van der Waals surface area contributed by atoms with Crippen molar-refractivity contribution >= 4 is 23.2 Å². The number of aromatic carboxylic acids is 1. The molecule has 7 nitrogen and oxygen atoms in total. The third-order valence-electron chi connectivity index (χ3n) is 4.04. The molecular weight excluding hydrogens is 332 g/mol. The molecule has 3 rings (SSSR count). The molecule has 0 aliphatic carbocycles. The summed E-state index contributed by atoms with van der Waals surface area (Å²) in [4.78, 5) is 30.5. The SMILES string of the molecule is Cc1ccc(C(=O)O)cc1NC(=O)c1nc2ccccn2c1CN(C)C. The van der Waals surface area contributed by atoms with Gasteiger partial charge < -0.3 is 19.7 Å². The fourth-order valence-corrected chi connectivity index (χ4v) is 2.75. The molecule has 0 unspecified atom stereocenters. The molecule has 1 amide bonds. The van der Waals surface area contributed by atoms with Crippen LogP contribution in [-0.2, 0) is 6.54 Å². The third-order valence-corrected chi connectivity index (χ3v) is 4.04. The number of anilines is 1. The highest BCUT2D eigenvalue weighted by molar-refractivity contribution is 6.05. The van der Waals surface area contributed by atoms with E-state index in [1.54, 1.807) is 6.07 Å². The summed E-state index contributed by atoms with van der Waals surface area (Å²) in [6.07, 6.45) is 1.87. The lowest BCUT2D eigenvalue weighted by Crippen LogP contribution is -2.19. The zero-order chi connectivity index (χ0) is 18.8. The van der Waals surface area contributed by atoms with Crippen LogP contribution < -0.4 is 5.32 Å². The van der Waals surface area contributed by atoms with E-state index in [0.29, 0.717) is 23.6 Å². The number of aromatic nitrogens is 2. The predicted molar refractivity (Wildman–Crippen MR) is 98.7 cm³/mol. The Hall–Kier alpha value is -3.19. The van der Waals surface area contributed by atoms with Crippen molar-refractivity contribution in [3.8, 4) is 0 Å². The van der Waals surface area contributed by atoms with E-state index < -0.39 is 5.97 Å². The number of carbonyl (C=O) groups is 2. The van der Waals surface area contributed by atoms with Gasteiger partial charge in [0.2, 0.25) is 0 Å². The van der Waals surface area contributed by atoms with E-state index in [1.165, 1.54) is 12.1 Å². The Morgan fingerprint density at radius 1 is 1.23 bits per heavy atom. The Labute approximate surface area is 150 Å². The van der Waals surface area contributed by atoms with E-state index in [4.69, 9.17) is 5.11 Å². The summed E-state index contributed by atoms with van der Waals surface area (Å²) < 4.78 is 1.88. The molecule has 0 aliphatic rings. The maximum Gasteiger partial charge on any atom is 0.335 e. The van der Waals surface area contributed by atoms with Gasteiger partial charge in [-0.2, -0.15) is 0 Å². The molecule has 0 atom stereocenters. The topological polar surface area (TPSA) is 86.9 Å². The van der Waals surface area contributed by atoms with Crippen molar-refractivity contribution in [2.45, 2.75) is 13.5 Å². The van der Waals surface area contributed by atoms with Crippen LogP contribution in [0, 0.1) is 6.92 Å². The van der Waals surface area contributed by atoms with Gasteiger partial charge in [0.25, 0.3) is 5.91 Å². The number of benzene rings is 1. The largest absolute Gasteiger partial charge is 0.478 e. The average Bonchev–Trinajstić information content (AvgIpc) is 2.95. The summed E-state index contributed by atoms with van der Waals surface area (Å²) in [5.41, 5.74) is 3.14. The quantitative estimate of drug-likeness (QED) is 0.737. The molecule has 2 aromatic heterocycles. The molecule has 2 N–H and O–H groups in total. The number of nitrogens with zero attached hydrogens (tertiary/aromatic N) is 3. The molecule has 0 aliphatic heterocycles. The van der Waals surface area contributed by atoms with Crippen LogP contribution in [0.5, 0.6) is 0 Å². The summed E-state index contributed by atoms with van der Waals surface area (Å²) in [7, 11) is 3.84. The van der Waals surface area contributed by atoms with Crippen molar-refractivity contribution in [1.29, 1.82) is 0 Å². The third kappa shape index (κ3) is 3.43. The summed E-state index contributed by atoms with van der Waals surface area (Å²) in [6.45, 7) is 2.35. The van der Waals surface area contributed by atoms with Crippen LogP contribution >= 0.6 is 0 Å². The fourth-order valence-electron chi connectivity index (χ4n) is 2.75. The first-order chi connectivity index (χ1) is 12.4. The minimum absolute atomic E-state index is 0.120. The van der Waals surface area contributed by atoms with E-state index in [9.17, 15) is 9.59 Å². The Kier molecular flexibility index (Phi) is 4.73. The molecule has 1 aromatic carbocycles. The zero-order valence-electron chi connectivity index (χ0n) is 14.9. The summed E-state index contributed by atoms with van der Waals surface area (Å²) in [5.74, 6) is -1.40. The van der Waals surface area contributed by atoms with Crippen LogP contribution in [0.3, 0.4) is 0 Å². The second kappa shape index (κ2) is 6.97. The molecule has 0 radical (unpaired) electrons. The Balaban J connectivity index is 2.00. The second-order valence-corrected chi connectivity index (χ2v) is 6.36. The summed E-state index contributed by atoms with van der Waals surface area (Å²) >= 11 is 0. The molecule has 3 aromatic rings. The van der Waals surface area contributed by atoms with Crippen LogP contribution in [0.15, 0.2) is 42.6 Å². The van der Waals surface area contributed by atoms with Crippen LogP contribution in [0.2, 0.25) is 0 Å². The Morgan fingerprint density at radius 2 is 2.00 bits per heavy atom. The fraction of sp³-hybridized carbons (Fsp3) is 0.211. The van der Waals surface area contributed by atoms with Gasteiger partial charge in [0.15, 0.2) is 5.69 Å². The van der Waals surface area contributed by atoms with Gasteiger partial charge in [0.1, 0.15) is 5.65 Å². The number of carboxylic acids is 1. The van der Waals surface area contributed by atoms with Crippen LogP contribution in [0.4, 0.5) is 5.69 Å². The first-order valence-corrected chi connectivity index (χ1v) is 8.13. The van der Waals surface area contributed by atoms with Crippen molar-refractivity contribution in [3.05, 3.63) is 65.1 Å². The van der Waals surface area contributed by atoms with Crippen molar-refractivity contribution in [3.63, 3.8) is 0 Å². The Bertz CT molecular complexity index is 992. The number of amides is 1. The standard InChI is InChI=1S/C19H20N4O3/c1-12-7-8-13(19(25)26)10-14(12)20-18(24)17-15(11-22(2)3)23-9-5-4-6-16(23)21-17/h4-10H,11H2,1-3H3,(H,20,24)(H,25,26). The molecule has 2 heterocycles. The highest BCUT2D eigenvalue weighted by atomic mass is 16.4. The monoisotopic (exact) mass is 352 g/mol. The van der Waals surface area contributed by atoms with Crippen molar-refractivity contribution in [2.75, 3.05) is 19.4 Å². The minimum atomic E-state index is -1.04. The van der Waals surface area contributed by atoms with E-state index >= 15 is 0 Å². The number of rotatable bonds is 5. The highest BCUT2D eigenvalue weighted by Gasteiger charge is 2.20. The molecule has 7 heteroatoms. The number of hydrogen-bond acceptors (Lipinski definition) is 4. The van der Waals surface area contributed by atoms with Gasteiger partial charge in [0.05, 0.1) is 11.3 Å². The van der Waals surface area contributed by atoms with Crippen LogP contribution in [0.1, 0.15) is 32.1 Å². The normalized spacial score (nSPS) is 11.1. The highest BCUT2D eigenvalue weighted by Crippen LogP contribution is 2.20. The van der Waals surface area contributed by atoms with Gasteiger partial charge in [-0.05, 0) is 50.8 Å². The molecule has 0 fully saturated rings. The minimum Gasteiger partial charge on any atom is -0.478 e. The summed E-state index contributed by atoms with van der Waals surface area (Å²) in [6, 6.07) is 10.2. The van der Waals surface area contributed by atoms with E-state index in [1.807, 2.05) is 54.7 Å². The number of hydrogen-bond donors (Lipinski definition) is 2. The molecule has 26 heavy (non-hydrogen) atoms. The number of pyridine rings is 1. The summed E-state index contributed by atoms with van der Waals surface area (Å²) in [5, 5.41) is 12.0. The second-order valence-electron chi connectivity index (χ2n) is 6.36. The molecule has 0 spiro atoms.